The number of carboxylic acid groups (broad SMARTS) is 1. The van der Waals surface area contributed by atoms with E-state index in [2.05, 4.69) is 19.1 Å². The molecule has 2 nitrogen and oxygen atoms in total. The molecule has 0 saturated heterocycles. The molecular formula is C38H74O2. The van der Waals surface area contributed by atoms with E-state index in [4.69, 9.17) is 5.11 Å². The van der Waals surface area contributed by atoms with Crippen LogP contribution >= 0.6 is 0 Å². The fraction of sp³-hybridized carbons (Fsp3) is 0.921. The summed E-state index contributed by atoms with van der Waals surface area (Å²) in [6.07, 6.45) is 50.9. The largest absolute Gasteiger partial charge is 0.481 e. The van der Waals surface area contributed by atoms with Crippen LogP contribution in [0.5, 0.6) is 0 Å². The van der Waals surface area contributed by atoms with Crippen molar-refractivity contribution in [3.8, 4) is 0 Å². The van der Waals surface area contributed by atoms with E-state index in [1.165, 1.54) is 199 Å². The highest BCUT2D eigenvalue weighted by molar-refractivity contribution is 5.66. The Hall–Kier alpha value is -0.790. The monoisotopic (exact) mass is 563 g/mol. The minimum absolute atomic E-state index is 0.343. The third-order valence-electron chi connectivity index (χ3n) is 8.65. The van der Waals surface area contributed by atoms with Crippen LogP contribution < -0.4 is 0 Å². The zero-order valence-corrected chi connectivity index (χ0v) is 27.6. The van der Waals surface area contributed by atoms with Crippen molar-refractivity contribution in [2.45, 2.75) is 225 Å². The quantitative estimate of drug-likeness (QED) is 0.0616. The summed E-state index contributed by atoms with van der Waals surface area (Å²) in [5.41, 5.74) is 0. The van der Waals surface area contributed by atoms with Crippen molar-refractivity contribution in [2.75, 3.05) is 0 Å². The molecule has 0 heterocycles. The van der Waals surface area contributed by atoms with Crippen LogP contribution in [0.25, 0.3) is 0 Å². The predicted octanol–water partition coefficient (Wildman–Crippen LogP) is 13.9. The highest BCUT2D eigenvalue weighted by Crippen LogP contribution is 2.16. The third kappa shape index (κ3) is 37.2. The third-order valence-corrected chi connectivity index (χ3v) is 8.65. The molecule has 0 atom stereocenters. The minimum atomic E-state index is -0.650. The van der Waals surface area contributed by atoms with Crippen molar-refractivity contribution < 1.29 is 9.90 Å². The van der Waals surface area contributed by atoms with Gasteiger partial charge >= 0.3 is 5.97 Å². The maximum Gasteiger partial charge on any atom is 0.303 e. The Morgan fingerprint density at radius 3 is 0.850 bits per heavy atom. The Morgan fingerprint density at radius 2 is 0.600 bits per heavy atom. The van der Waals surface area contributed by atoms with Crippen LogP contribution in [-0.2, 0) is 4.79 Å². The first kappa shape index (κ1) is 39.2. The molecule has 40 heavy (non-hydrogen) atoms. The summed E-state index contributed by atoms with van der Waals surface area (Å²) in [5.74, 6) is -0.650. The van der Waals surface area contributed by atoms with E-state index in [9.17, 15) is 4.79 Å². The van der Waals surface area contributed by atoms with Crippen LogP contribution in [0.2, 0.25) is 0 Å². The summed E-state index contributed by atoms with van der Waals surface area (Å²) in [5, 5.41) is 8.63. The summed E-state index contributed by atoms with van der Waals surface area (Å²) in [4.78, 5) is 10.5. The molecule has 0 fully saturated rings. The number of rotatable bonds is 35. The Balaban J connectivity index is 3.09. The van der Waals surface area contributed by atoms with Crippen molar-refractivity contribution in [1.29, 1.82) is 0 Å². The van der Waals surface area contributed by atoms with Gasteiger partial charge in [-0.05, 0) is 32.1 Å². The van der Waals surface area contributed by atoms with Crippen molar-refractivity contribution in [1.82, 2.24) is 0 Å². The Morgan fingerprint density at radius 1 is 0.375 bits per heavy atom. The molecule has 0 rings (SSSR count). The fourth-order valence-electron chi connectivity index (χ4n) is 5.88. The zero-order chi connectivity index (χ0) is 29.0. The van der Waals surface area contributed by atoms with Gasteiger partial charge in [-0.1, -0.05) is 199 Å². The molecule has 0 bridgehead atoms. The molecule has 0 saturated carbocycles. The van der Waals surface area contributed by atoms with E-state index < -0.39 is 5.97 Å². The van der Waals surface area contributed by atoms with Crippen LogP contribution in [0.1, 0.15) is 225 Å². The molecule has 0 spiro atoms. The van der Waals surface area contributed by atoms with Gasteiger partial charge in [-0.2, -0.15) is 0 Å². The number of carboxylic acids is 1. The number of hydrogen-bond acceptors (Lipinski definition) is 1. The molecule has 0 aliphatic rings. The van der Waals surface area contributed by atoms with Gasteiger partial charge in [0.25, 0.3) is 0 Å². The highest BCUT2D eigenvalue weighted by atomic mass is 16.4. The van der Waals surface area contributed by atoms with Gasteiger partial charge < -0.3 is 5.11 Å². The molecule has 0 aliphatic heterocycles. The van der Waals surface area contributed by atoms with Gasteiger partial charge in [0.15, 0.2) is 0 Å². The van der Waals surface area contributed by atoms with Gasteiger partial charge in [-0.15, -0.1) is 0 Å². The fourth-order valence-corrected chi connectivity index (χ4v) is 5.88. The van der Waals surface area contributed by atoms with Crippen molar-refractivity contribution >= 4 is 5.97 Å². The van der Waals surface area contributed by atoms with Gasteiger partial charge in [-0.3, -0.25) is 4.79 Å². The second-order valence-corrected chi connectivity index (χ2v) is 12.8. The van der Waals surface area contributed by atoms with Gasteiger partial charge in [0.05, 0.1) is 0 Å². The molecule has 238 valence electrons. The van der Waals surface area contributed by atoms with Gasteiger partial charge in [-0.25, -0.2) is 0 Å². The Labute approximate surface area is 253 Å². The second-order valence-electron chi connectivity index (χ2n) is 12.8. The average molecular weight is 563 g/mol. The van der Waals surface area contributed by atoms with Gasteiger partial charge in [0, 0.05) is 6.42 Å². The lowest BCUT2D eigenvalue weighted by Gasteiger charge is -2.03. The lowest BCUT2D eigenvalue weighted by Crippen LogP contribution is -1.93. The van der Waals surface area contributed by atoms with Gasteiger partial charge in [0.1, 0.15) is 0 Å². The molecule has 0 aromatic heterocycles. The summed E-state index contributed by atoms with van der Waals surface area (Å²) >= 11 is 0. The Bertz CT molecular complexity index is 498. The van der Waals surface area contributed by atoms with Crippen molar-refractivity contribution in [3.63, 3.8) is 0 Å². The topological polar surface area (TPSA) is 37.3 Å². The smallest absolute Gasteiger partial charge is 0.303 e. The van der Waals surface area contributed by atoms with E-state index in [1.807, 2.05) is 0 Å². The summed E-state index contributed by atoms with van der Waals surface area (Å²) < 4.78 is 0. The summed E-state index contributed by atoms with van der Waals surface area (Å²) in [6, 6.07) is 0. The number of unbranched alkanes of at least 4 members (excludes halogenated alkanes) is 31. The molecule has 0 aromatic carbocycles. The standard InChI is InChI=1S/C38H74O2/c1-2-3-4-5-6-7-8-9-10-11-12-13-14-15-16-17-18-19-20-21-22-23-24-25-26-27-28-29-30-31-32-33-34-35-36-37-38(39)40/h21-22H,2-20,23-37H2,1H3,(H,39,40). The molecular weight excluding hydrogens is 488 g/mol. The van der Waals surface area contributed by atoms with Crippen LogP contribution in [0.4, 0.5) is 0 Å². The summed E-state index contributed by atoms with van der Waals surface area (Å²) in [6.45, 7) is 2.30. The van der Waals surface area contributed by atoms with E-state index in [0.29, 0.717) is 6.42 Å². The SMILES string of the molecule is CCCCCCCCCCCCCCCCCCCCC=CCCCCCCCCCCCCCCCC(=O)O. The first-order chi connectivity index (χ1) is 19.8. The van der Waals surface area contributed by atoms with Crippen molar-refractivity contribution in [3.05, 3.63) is 12.2 Å². The first-order valence-electron chi connectivity index (χ1n) is 18.6. The lowest BCUT2D eigenvalue weighted by molar-refractivity contribution is -0.137. The molecule has 0 radical (unpaired) electrons. The molecule has 0 aliphatic carbocycles. The molecule has 0 amide bonds. The average Bonchev–Trinajstić information content (AvgIpc) is 2.95. The second kappa shape index (κ2) is 36.2. The maximum atomic E-state index is 10.5. The Kier molecular flexibility index (Phi) is 35.5. The van der Waals surface area contributed by atoms with E-state index in [-0.39, 0.29) is 0 Å². The van der Waals surface area contributed by atoms with Crippen LogP contribution in [0.15, 0.2) is 12.2 Å². The predicted molar refractivity (Wildman–Crippen MR) is 179 cm³/mol. The van der Waals surface area contributed by atoms with E-state index in [1.54, 1.807) is 0 Å². The lowest BCUT2D eigenvalue weighted by atomic mass is 10.0. The van der Waals surface area contributed by atoms with Crippen molar-refractivity contribution in [2.24, 2.45) is 0 Å². The zero-order valence-electron chi connectivity index (χ0n) is 27.6. The number of hydrogen-bond donors (Lipinski definition) is 1. The molecule has 2 heteroatoms. The first-order valence-corrected chi connectivity index (χ1v) is 18.6. The summed E-state index contributed by atoms with van der Waals surface area (Å²) in [7, 11) is 0. The number of aliphatic carboxylic acids is 1. The normalized spacial score (nSPS) is 11.6. The van der Waals surface area contributed by atoms with Crippen LogP contribution in [0, 0.1) is 0 Å². The number of allylic oxidation sites excluding steroid dienone is 2. The number of carbonyl (C=O) groups is 1. The maximum absolute atomic E-state index is 10.5. The van der Waals surface area contributed by atoms with E-state index in [0.717, 1.165) is 12.8 Å². The molecule has 0 aromatic rings. The van der Waals surface area contributed by atoms with Crippen LogP contribution in [0.3, 0.4) is 0 Å². The van der Waals surface area contributed by atoms with Crippen LogP contribution in [-0.4, -0.2) is 11.1 Å². The molecule has 0 unspecified atom stereocenters. The minimum Gasteiger partial charge on any atom is -0.481 e. The molecule has 1 N–H and O–H groups in total. The van der Waals surface area contributed by atoms with E-state index >= 15 is 0 Å². The highest BCUT2D eigenvalue weighted by Gasteiger charge is 1.98. The van der Waals surface area contributed by atoms with Gasteiger partial charge in [0.2, 0.25) is 0 Å².